The molecular weight excluding hydrogens is 383 g/mol. The zero-order chi connectivity index (χ0) is 19.6. The molecule has 152 valence electrons. The Balaban J connectivity index is 1.68. The van der Waals surface area contributed by atoms with Crippen molar-refractivity contribution in [2.45, 2.75) is 43.9 Å². The van der Waals surface area contributed by atoms with Gasteiger partial charge in [0.25, 0.3) is 0 Å². The smallest absolute Gasteiger partial charge is 0.418 e. The van der Waals surface area contributed by atoms with E-state index in [1.165, 1.54) is 13.1 Å². The summed E-state index contributed by atoms with van der Waals surface area (Å²) in [6.07, 6.45) is -0.766. The van der Waals surface area contributed by atoms with Crippen molar-refractivity contribution in [3.8, 4) is 0 Å². The Morgan fingerprint density at radius 2 is 1.81 bits per heavy atom. The van der Waals surface area contributed by atoms with E-state index in [-0.39, 0.29) is 11.7 Å². The number of hydrogen-bond donors (Lipinski definition) is 2. The number of quaternary nitrogens is 1. The fourth-order valence-corrected chi connectivity index (χ4v) is 4.15. The summed E-state index contributed by atoms with van der Waals surface area (Å²) >= 11 is 5.84. The summed E-state index contributed by atoms with van der Waals surface area (Å²) in [5.41, 5.74) is -0.571. The largest absolute Gasteiger partial charge is 0.629 e. The van der Waals surface area contributed by atoms with Crippen LogP contribution >= 0.6 is 11.6 Å². The minimum Gasteiger partial charge on any atom is -0.629 e. The first-order valence-electron chi connectivity index (χ1n) is 9.25. The Labute approximate surface area is 162 Å². The molecule has 9 heteroatoms. The quantitative estimate of drug-likeness (QED) is 0.753. The maximum absolute atomic E-state index is 13.1. The van der Waals surface area contributed by atoms with Crippen LogP contribution in [0, 0.1) is 5.21 Å². The summed E-state index contributed by atoms with van der Waals surface area (Å²) in [4.78, 5) is 2.46. The third-order valence-electron chi connectivity index (χ3n) is 5.39. The minimum atomic E-state index is -4.59. The van der Waals surface area contributed by atoms with Gasteiger partial charge in [0.05, 0.1) is 23.3 Å². The maximum atomic E-state index is 13.1. The van der Waals surface area contributed by atoms with Gasteiger partial charge in [0.2, 0.25) is 0 Å². The highest BCUT2D eigenvalue weighted by Crippen LogP contribution is 2.39. The summed E-state index contributed by atoms with van der Waals surface area (Å²) in [7, 11) is 1.27. The predicted molar refractivity (Wildman–Crippen MR) is 98.4 cm³/mol. The summed E-state index contributed by atoms with van der Waals surface area (Å²) < 4.78 is 44.6. The molecule has 27 heavy (non-hydrogen) atoms. The SMILES string of the molecule is C[NH+]([O-])c1cc(C(F)(F)F)c(Cl)cc1NC1CCN(C2CCOCC2)CC1. The van der Waals surface area contributed by atoms with E-state index in [9.17, 15) is 18.4 Å². The number of nitrogens with one attached hydrogen (secondary N) is 2. The van der Waals surface area contributed by atoms with Crippen molar-refractivity contribution in [2.75, 3.05) is 38.7 Å². The lowest BCUT2D eigenvalue weighted by atomic mass is 9.99. The molecule has 5 nitrogen and oxygen atoms in total. The fraction of sp³-hybridized carbons (Fsp3) is 0.667. The van der Waals surface area contributed by atoms with Crippen LogP contribution in [0.15, 0.2) is 12.1 Å². The van der Waals surface area contributed by atoms with E-state index in [1.807, 2.05) is 0 Å². The van der Waals surface area contributed by atoms with Crippen molar-refractivity contribution in [3.63, 3.8) is 0 Å². The standard InChI is InChI=1S/C18H25ClF3N3O2/c1-24(26)17-10-14(18(20,21)22)15(19)11-16(17)23-12-2-6-25(7-3-12)13-4-8-27-9-5-13/h10-13,23-24H,2-9H2,1H3. The highest BCUT2D eigenvalue weighted by atomic mass is 35.5. The van der Waals surface area contributed by atoms with Crippen molar-refractivity contribution < 1.29 is 23.0 Å². The Hall–Kier alpha value is -1.06. The average Bonchev–Trinajstić information content (AvgIpc) is 2.62. The molecule has 1 unspecified atom stereocenters. The van der Waals surface area contributed by atoms with Crippen LogP contribution < -0.4 is 10.4 Å². The van der Waals surface area contributed by atoms with Crippen LogP contribution in [0.2, 0.25) is 5.02 Å². The Morgan fingerprint density at radius 1 is 1.19 bits per heavy atom. The molecule has 0 bridgehead atoms. The van der Waals surface area contributed by atoms with Gasteiger partial charge >= 0.3 is 6.18 Å². The van der Waals surface area contributed by atoms with Crippen molar-refractivity contribution in [1.29, 1.82) is 0 Å². The van der Waals surface area contributed by atoms with Crippen LogP contribution in [-0.4, -0.2) is 50.3 Å². The highest BCUT2D eigenvalue weighted by molar-refractivity contribution is 6.31. The average molecular weight is 408 g/mol. The van der Waals surface area contributed by atoms with Gasteiger partial charge < -0.3 is 25.2 Å². The van der Waals surface area contributed by atoms with Gasteiger partial charge in [0.15, 0.2) is 5.69 Å². The van der Waals surface area contributed by atoms with Crippen molar-refractivity contribution >= 4 is 23.0 Å². The number of likely N-dealkylation sites (tertiary alicyclic amines) is 1. The van der Waals surface area contributed by atoms with Gasteiger partial charge in [-0.2, -0.15) is 13.2 Å². The Kier molecular flexibility index (Phi) is 6.53. The summed E-state index contributed by atoms with van der Waals surface area (Å²) in [6.45, 7) is 3.45. The Bertz CT molecular complexity index is 643. The molecular formula is C18H25ClF3N3O2. The lowest BCUT2D eigenvalue weighted by Gasteiger charge is -2.39. The normalized spacial score (nSPS) is 22.0. The van der Waals surface area contributed by atoms with Crippen LogP contribution in [0.3, 0.4) is 0 Å². The zero-order valence-electron chi connectivity index (χ0n) is 15.2. The van der Waals surface area contributed by atoms with E-state index >= 15 is 0 Å². The van der Waals surface area contributed by atoms with Crippen LogP contribution in [0.25, 0.3) is 0 Å². The minimum absolute atomic E-state index is 0.0265. The highest BCUT2D eigenvalue weighted by Gasteiger charge is 2.35. The molecule has 2 N–H and O–H groups in total. The van der Waals surface area contributed by atoms with Gasteiger partial charge in [0.1, 0.15) is 0 Å². The van der Waals surface area contributed by atoms with Gasteiger partial charge in [-0.1, -0.05) is 11.6 Å². The van der Waals surface area contributed by atoms with E-state index < -0.39 is 21.8 Å². The molecule has 3 rings (SSSR count). The van der Waals surface area contributed by atoms with Crippen molar-refractivity contribution in [1.82, 2.24) is 4.90 Å². The molecule has 0 saturated carbocycles. The summed E-state index contributed by atoms with van der Waals surface area (Å²) in [6, 6.07) is 2.73. The molecule has 1 aromatic carbocycles. The number of ether oxygens (including phenoxy) is 1. The van der Waals surface area contributed by atoms with Gasteiger partial charge in [-0.05, 0) is 31.7 Å². The van der Waals surface area contributed by atoms with E-state index in [2.05, 4.69) is 10.2 Å². The summed E-state index contributed by atoms with van der Waals surface area (Å²) in [5, 5.41) is 14.3. The first kappa shape index (κ1) is 20.7. The number of benzene rings is 1. The monoisotopic (exact) mass is 407 g/mol. The number of alkyl halides is 3. The van der Waals surface area contributed by atoms with Gasteiger partial charge in [0, 0.05) is 44.5 Å². The number of nitrogens with zero attached hydrogens (tertiary/aromatic N) is 1. The molecule has 0 aromatic heterocycles. The first-order chi connectivity index (χ1) is 12.8. The number of hydrogen-bond acceptors (Lipinski definition) is 4. The van der Waals surface area contributed by atoms with Crippen LogP contribution in [0.1, 0.15) is 31.2 Å². The molecule has 1 atom stereocenters. The molecule has 2 fully saturated rings. The molecule has 0 aliphatic carbocycles. The number of rotatable bonds is 4. The van der Waals surface area contributed by atoms with Crippen LogP contribution in [0.5, 0.6) is 0 Å². The molecule has 0 radical (unpaired) electrons. The topological polar surface area (TPSA) is 52.0 Å². The second kappa shape index (κ2) is 8.53. The molecule has 0 amide bonds. The number of piperidine rings is 1. The maximum Gasteiger partial charge on any atom is 0.418 e. The molecule has 0 spiro atoms. The van der Waals surface area contributed by atoms with Crippen molar-refractivity contribution in [3.05, 3.63) is 27.9 Å². The molecule has 2 saturated heterocycles. The first-order valence-corrected chi connectivity index (χ1v) is 9.63. The van der Waals surface area contributed by atoms with Gasteiger partial charge in [-0.25, -0.2) is 0 Å². The third-order valence-corrected chi connectivity index (χ3v) is 5.70. The second-order valence-corrected chi connectivity index (χ2v) is 7.64. The second-order valence-electron chi connectivity index (χ2n) is 7.23. The Morgan fingerprint density at radius 3 is 2.37 bits per heavy atom. The van der Waals surface area contributed by atoms with Gasteiger partial charge in [-0.3, -0.25) is 0 Å². The molecule has 2 aliphatic rings. The predicted octanol–water partition coefficient (Wildman–Crippen LogP) is 3.06. The van der Waals surface area contributed by atoms with Gasteiger partial charge in [-0.15, -0.1) is 0 Å². The zero-order valence-corrected chi connectivity index (χ0v) is 16.0. The van der Waals surface area contributed by atoms with E-state index in [0.717, 1.165) is 58.1 Å². The molecule has 2 aliphatic heterocycles. The number of halogens is 4. The number of anilines is 1. The van der Waals surface area contributed by atoms with E-state index in [1.54, 1.807) is 0 Å². The van der Waals surface area contributed by atoms with Crippen LogP contribution in [-0.2, 0) is 10.9 Å². The van der Waals surface area contributed by atoms with Crippen LogP contribution in [0.4, 0.5) is 24.5 Å². The van der Waals surface area contributed by atoms with E-state index in [4.69, 9.17) is 16.3 Å². The number of hydroxylamine groups is 1. The lowest BCUT2D eigenvalue weighted by molar-refractivity contribution is -0.750. The molecule has 1 aromatic rings. The van der Waals surface area contributed by atoms with E-state index in [0.29, 0.717) is 11.7 Å². The fourth-order valence-electron chi connectivity index (χ4n) is 3.88. The van der Waals surface area contributed by atoms with Crippen molar-refractivity contribution in [2.24, 2.45) is 0 Å². The lowest BCUT2D eigenvalue weighted by Crippen LogP contribution is -2.98. The summed E-state index contributed by atoms with van der Waals surface area (Å²) in [5.74, 6) is 0. The molecule has 2 heterocycles. The third kappa shape index (κ3) is 5.06.